The highest BCUT2D eigenvalue weighted by Gasteiger charge is 2.21. The van der Waals surface area contributed by atoms with Crippen LogP contribution in [0.1, 0.15) is 46.0 Å². The predicted octanol–water partition coefficient (Wildman–Crippen LogP) is 3.04. The van der Waals surface area contributed by atoms with E-state index in [0.29, 0.717) is 0 Å². The fraction of sp³-hybridized carbons (Fsp3) is 0.889. The Hall–Kier alpha value is -0.540. The van der Waals surface area contributed by atoms with E-state index < -0.39 is 0 Å². The Morgan fingerprint density at radius 1 is 0.952 bits per heavy atom. The molecule has 0 aliphatic carbocycles. The van der Waals surface area contributed by atoms with Crippen molar-refractivity contribution in [2.75, 3.05) is 52.4 Å². The van der Waals surface area contributed by atoms with Crippen molar-refractivity contribution in [2.45, 2.75) is 46.0 Å². The van der Waals surface area contributed by atoms with E-state index in [1.165, 1.54) is 90.2 Å². The average Bonchev–Trinajstić information content (AvgIpc) is 2.52. The zero-order valence-corrected chi connectivity index (χ0v) is 14.3. The summed E-state index contributed by atoms with van der Waals surface area (Å²) in [5, 5.41) is 0. The zero-order chi connectivity index (χ0) is 15.1. The molecule has 0 radical (unpaired) electrons. The van der Waals surface area contributed by atoms with Gasteiger partial charge in [0.2, 0.25) is 0 Å². The molecule has 2 heterocycles. The van der Waals surface area contributed by atoms with Crippen LogP contribution in [0.4, 0.5) is 0 Å². The summed E-state index contributed by atoms with van der Waals surface area (Å²) in [7, 11) is 0. The fourth-order valence-electron chi connectivity index (χ4n) is 3.60. The van der Waals surface area contributed by atoms with Crippen LogP contribution in [-0.4, -0.2) is 67.1 Å². The van der Waals surface area contributed by atoms with Gasteiger partial charge in [-0.2, -0.15) is 0 Å². The lowest BCUT2D eigenvalue weighted by molar-refractivity contribution is 0.132. The van der Waals surface area contributed by atoms with E-state index in [9.17, 15) is 0 Å². The molecule has 0 aromatic heterocycles. The van der Waals surface area contributed by atoms with Gasteiger partial charge < -0.3 is 9.80 Å². The van der Waals surface area contributed by atoms with Crippen LogP contribution in [0.2, 0.25) is 0 Å². The lowest BCUT2D eigenvalue weighted by atomic mass is 9.93. The molecule has 0 N–H and O–H groups in total. The highest BCUT2D eigenvalue weighted by molar-refractivity contribution is 4.91. The molecule has 0 aromatic rings. The lowest BCUT2D eigenvalue weighted by Gasteiger charge is -2.37. The second kappa shape index (κ2) is 8.79. The monoisotopic (exact) mass is 293 g/mol. The molecule has 2 fully saturated rings. The molecule has 2 rings (SSSR count). The highest BCUT2D eigenvalue weighted by Crippen LogP contribution is 2.21. The topological polar surface area (TPSA) is 9.72 Å². The predicted molar refractivity (Wildman–Crippen MR) is 91.5 cm³/mol. The first kappa shape index (κ1) is 16.8. The Bertz CT molecular complexity index is 300. The minimum Gasteiger partial charge on any atom is -0.373 e. The number of piperazine rings is 1. The van der Waals surface area contributed by atoms with Crippen LogP contribution in [-0.2, 0) is 0 Å². The number of hydrogen-bond donors (Lipinski definition) is 0. The molecule has 0 unspecified atom stereocenters. The average molecular weight is 293 g/mol. The maximum Gasteiger partial charge on any atom is 0.0303 e. The van der Waals surface area contributed by atoms with Gasteiger partial charge in [-0.25, -0.2) is 0 Å². The summed E-state index contributed by atoms with van der Waals surface area (Å²) in [6.07, 6.45) is 6.97. The van der Waals surface area contributed by atoms with Crippen LogP contribution >= 0.6 is 0 Å². The van der Waals surface area contributed by atoms with E-state index >= 15 is 0 Å². The van der Waals surface area contributed by atoms with Crippen LogP contribution < -0.4 is 0 Å². The molecule has 0 atom stereocenters. The summed E-state index contributed by atoms with van der Waals surface area (Å²) in [4.78, 5) is 7.75. The Morgan fingerprint density at radius 3 is 2.14 bits per heavy atom. The largest absolute Gasteiger partial charge is 0.373 e. The second-order valence-corrected chi connectivity index (χ2v) is 6.99. The molecule has 2 aliphatic rings. The van der Waals surface area contributed by atoms with E-state index in [1.54, 1.807) is 0 Å². The number of likely N-dealkylation sites (tertiary alicyclic amines) is 1. The van der Waals surface area contributed by atoms with Crippen molar-refractivity contribution in [3.05, 3.63) is 12.3 Å². The third kappa shape index (κ3) is 5.63. The third-order valence-electron chi connectivity index (χ3n) is 5.30. The number of piperidine rings is 1. The van der Waals surface area contributed by atoms with Crippen molar-refractivity contribution in [1.82, 2.24) is 14.7 Å². The standard InChI is InChI=1S/C18H35N3/c1-4-5-9-19-10-6-18(7-11-19)8-12-20-13-15-21(16-14-20)17(2)3/h18H,2,4-16H2,1,3H3. The van der Waals surface area contributed by atoms with Gasteiger partial charge in [0.15, 0.2) is 0 Å². The number of allylic oxidation sites excluding steroid dienone is 1. The maximum absolute atomic E-state index is 4.05. The van der Waals surface area contributed by atoms with Crippen molar-refractivity contribution < 1.29 is 0 Å². The molecular formula is C18H35N3. The Balaban J connectivity index is 1.57. The molecule has 2 aliphatic heterocycles. The van der Waals surface area contributed by atoms with Crippen LogP contribution in [0.3, 0.4) is 0 Å². The first-order valence-corrected chi connectivity index (χ1v) is 9.04. The molecular weight excluding hydrogens is 258 g/mol. The first-order chi connectivity index (χ1) is 10.2. The van der Waals surface area contributed by atoms with E-state index in [0.717, 1.165) is 5.92 Å². The summed E-state index contributed by atoms with van der Waals surface area (Å²) in [5.74, 6) is 0.974. The molecule has 0 amide bonds. The van der Waals surface area contributed by atoms with Gasteiger partial charge in [-0.05, 0) is 64.7 Å². The molecule has 21 heavy (non-hydrogen) atoms. The van der Waals surface area contributed by atoms with Gasteiger partial charge in [0.1, 0.15) is 0 Å². The number of nitrogens with zero attached hydrogens (tertiary/aromatic N) is 3. The van der Waals surface area contributed by atoms with Gasteiger partial charge in [0, 0.05) is 31.9 Å². The molecule has 0 bridgehead atoms. The maximum atomic E-state index is 4.05. The highest BCUT2D eigenvalue weighted by atomic mass is 15.3. The first-order valence-electron chi connectivity index (χ1n) is 9.04. The summed E-state index contributed by atoms with van der Waals surface area (Å²) in [5.41, 5.74) is 1.23. The molecule has 122 valence electrons. The van der Waals surface area contributed by atoms with E-state index in [1.807, 2.05) is 0 Å². The van der Waals surface area contributed by atoms with Crippen LogP contribution in [0.5, 0.6) is 0 Å². The normalized spacial score (nSPS) is 22.7. The zero-order valence-electron chi connectivity index (χ0n) is 14.3. The number of rotatable bonds is 7. The van der Waals surface area contributed by atoms with Crippen molar-refractivity contribution in [3.63, 3.8) is 0 Å². The SMILES string of the molecule is C=C(C)N1CCN(CCC2CCN(CCCC)CC2)CC1. The van der Waals surface area contributed by atoms with Gasteiger partial charge in [-0.1, -0.05) is 19.9 Å². The molecule has 3 nitrogen and oxygen atoms in total. The summed E-state index contributed by atoms with van der Waals surface area (Å²) < 4.78 is 0. The van der Waals surface area contributed by atoms with Crippen molar-refractivity contribution >= 4 is 0 Å². The van der Waals surface area contributed by atoms with Crippen molar-refractivity contribution in [1.29, 1.82) is 0 Å². The van der Waals surface area contributed by atoms with E-state index in [4.69, 9.17) is 0 Å². The number of unbranched alkanes of at least 4 members (excludes halogenated alkanes) is 1. The quantitative estimate of drug-likeness (QED) is 0.714. The van der Waals surface area contributed by atoms with Crippen LogP contribution in [0, 0.1) is 5.92 Å². The van der Waals surface area contributed by atoms with Crippen molar-refractivity contribution in [3.8, 4) is 0 Å². The molecule has 0 aromatic carbocycles. The van der Waals surface area contributed by atoms with Gasteiger partial charge in [0.05, 0.1) is 0 Å². The van der Waals surface area contributed by atoms with Gasteiger partial charge >= 0.3 is 0 Å². The Morgan fingerprint density at radius 2 is 1.57 bits per heavy atom. The molecule has 3 heteroatoms. The second-order valence-electron chi connectivity index (χ2n) is 6.99. The Labute approximate surface area is 132 Å². The van der Waals surface area contributed by atoms with E-state index in [2.05, 4.69) is 35.1 Å². The lowest BCUT2D eigenvalue weighted by Crippen LogP contribution is -2.46. The molecule has 0 saturated carbocycles. The van der Waals surface area contributed by atoms with Gasteiger partial charge in [-0.15, -0.1) is 0 Å². The van der Waals surface area contributed by atoms with Crippen molar-refractivity contribution in [2.24, 2.45) is 5.92 Å². The van der Waals surface area contributed by atoms with E-state index in [-0.39, 0.29) is 0 Å². The molecule has 2 saturated heterocycles. The van der Waals surface area contributed by atoms with Gasteiger partial charge in [-0.3, -0.25) is 4.90 Å². The van der Waals surface area contributed by atoms with Crippen LogP contribution in [0.25, 0.3) is 0 Å². The summed E-state index contributed by atoms with van der Waals surface area (Å²) in [6, 6.07) is 0. The summed E-state index contributed by atoms with van der Waals surface area (Å²) in [6.45, 7) is 18.6. The minimum atomic E-state index is 0.974. The Kier molecular flexibility index (Phi) is 7.05. The van der Waals surface area contributed by atoms with Gasteiger partial charge in [0.25, 0.3) is 0 Å². The third-order valence-corrected chi connectivity index (χ3v) is 5.30. The smallest absolute Gasteiger partial charge is 0.0303 e. The summed E-state index contributed by atoms with van der Waals surface area (Å²) >= 11 is 0. The van der Waals surface area contributed by atoms with Crippen LogP contribution in [0.15, 0.2) is 12.3 Å². The minimum absolute atomic E-state index is 0.974. The molecule has 0 spiro atoms. The number of hydrogen-bond acceptors (Lipinski definition) is 3. The fourth-order valence-corrected chi connectivity index (χ4v) is 3.60.